The molecule has 1 rings (SSSR count). The summed E-state index contributed by atoms with van der Waals surface area (Å²) in [4.78, 5) is 3.97. The third-order valence-electron chi connectivity index (χ3n) is 3.14. The zero-order chi connectivity index (χ0) is 13.3. The van der Waals surface area contributed by atoms with E-state index in [2.05, 4.69) is 4.98 Å². The molecule has 5 nitrogen and oxygen atoms in total. The molecule has 1 heterocycles. The van der Waals surface area contributed by atoms with Crippen molar-refractivity contribution in [2.75, 3.05) is 12.8 Å². The zero-order valence-corrected chi connectivity index (χ0v) is 11.5. The Balaban J connectivity index is 3.16. The van der Waals surface area contributed by atoms with Gasteiger partial charge in [-0.15, -0.1) is 0 Å². The van der Waals surface area contributed by atoms with Crippen molar-refractivity contribution < 1.29 is 8.42 Å². The highest BCUT2D eigenvalue weighted by Gasteiger charge is 2.32. The molecule has 0 aliphatic rings. The van der Waals surface area contributed by atoms with Crippen LogP contribution in [0.2, 0.25) is 0 Å². The van der Waals surface area contributed by atoms with Crippen molar-refractivity contribution >= 4 is 15.8 Å². The van der Waals surface area contributed by atoms with E-state index < -0.39 is 15.6 Å². The number of rotatable bonds is 4. The van der Waals surface area contributed by atoms with Crippen LogP contribution in [0.15, 0.2) is 23.2 Å². The van der Waals surface area contributed by atoms with Crippen LogP contribution in [0.4, 0.5) is 5.82 Å². The van der Waals surface area contributed by atoms with Crippen LogP contribution >= 0.6 is 0 Å². The molecule has 0 atom stereocenters. The van der Waals surface area contributed by atoms with E-state index in [4.69, 9.17) is 5.73 Å². The zero-order valence-electron chi connectivity index (χ0n) is 10.6. The summed E-state index contributed by atoms with van der Waals surface area (Å²) < 4.78 is 26.0. The third kappa shape index (κ3) is 2.76. The van der Waals surface area contributed by atoms with E-state index >= 15 is 0 Å². The fourth-order valence-electron chi connectivity index (χ4n) is 1.25. The van der Waals surface area contributed by atoms with Crippen molar-refractivity contribution in [2.24, 2.45) is 0 Å². The highest BCUT2D eigenvalue weighted by Crippen LogP contribution is 2.24. The van der Waals surface area contributed by atoms with Crippen molar-refractivity contribution in [3.05, 3.63) is 18.3 Å². The number of nitrogens with two attached hydrogens (primary N) is 1. The minimum absolute atomic E-state index is 0.163. The van der Waals surface area contributed by atoms with Gasteiger partial charge in [-0.2, -0.15) is 4.31 Å². The maximum Gasteiger partial charge on any atom is 0.244 e. The number of sulfonamides is 1. The summed E-state index contributed by atoms with van der Waals surface area (Å²) in [6.45, 7) is 5.72. The molecule has 96 valence electrons. The maximum atomic E-state index is 12.3. The highest BCUT2D eigenvalue weighted by molar-refractivity contribution is 7.89. The molecule has 0 bridgehead atoms. The fraction of sp³-hybridized carbons (Fsp3) is 0.545. The molecule has 0 saturated heterocycles. The van der Waals surface area contributed by atoms with Crippen molar-refractivity contribution in [3.8, 4) is 0 Å². The van der Waals surface area contributed by atoms with Gasteiger partial charge < -0.3 is 5.73 Å². The summed E-state index contributed by atoms with van der Waals surface area (Å²) in [6, 6.07) is 2.96. The quantitative estimate of drug-likeness (QED) is 0.886. The van der Waals surface area contributed by atoms with Crippen LogP contribution in [-0.2, 0) is 10.0 Å². The Morgan fingerprint density at radius 1 is 1.41 bits per heavy atom. The van der Waals surface area contributed by atoms with Gasteiger partial charge in [0, 0.05) is 18.8 Å². The lowest BCUT2D eigenvalue weighted by Crippen LogP contribution is -2.44. The van der Waals surface area contributed by atoms with Crippen LogP contribution in [0.25, 0.3) is 0 Å². The number of pyridine rings is 1. The van der Waals surface area contributed by atoms with Crippen LogP contribution < -0.4 is 5.73 Å². The Morgan fingerprint density at radius 3 is 2.41 bits per heavy atom. The topological polar surface area (TPSA) is 76.3 Å². The largest absolute Gasteiger partial charge is 0.384 e. The molecule has 0 fully saturated rings. The molecule has 6 heteroatoms. The second kappa shape index (κ2) is 4.62. The van der Waals surface area contributed by atoms with E-state index in [1.807, 2.05) is 20.8 Å². The number of hydrogen-bond donors (Lipinski definition) is 1. The van der Waals surface area contributed by atoms with Gasteiger partial charge in [-0.25, -0.2) is 13.4 Å². The van der Waals surface area contributed by atoms with E-state index in [1.54, 1.807) is 7.05 Å². The smallest absolute Gasteiger partial charge is 0.244 e. The Morgan fingerprint density at radius 2 is 2.00 bits per heavy atom. The molecule has 0 aromatic carbocycles. The van der Waals surface area contributed by atoms with Gasteiger partial charge in [0.05, 0.1) is 0 Å². The SMILES string of the molecule is CCC(C)(C)N(C)S(=O)(=O)c1ccc(N)nc1. The first-order chi connectivity index (χ1) is 7.71. The number of aromatic nitrogens is 1. The Kier molecular flexibility index (Phi) is 3.78. The Hall–Kier alpha value is -1.14. The number of hydrogen-bond acceptors (Lipinski definition) is 4. The first kappa shape index (κ1) is 13.9. The molecule has 0 amide bonds. The van der Waals surface area contributed by atoms with Gasteiger partial charge in [0.2, 0.25) is 10.0 Å². The number of anilines is 1. The third-order valence-corrected chi connectivity index (χ3v) is 5.19. The van der Waals surface area contributed by atoms with Gasteiger partial charge in [0.15, 0.2) is 0 Å². The number of nitrogen functional groups attached to an aromatic ring is 1. The van der Waals surface area contributed by atoms with Crippen LogP contribution in [0, 0.1) is 0 Å². The predicted octanol–water partition coefficient (Wildman–Crippen LogP) is 1.47. The molecule has 0 radical (unpaired) electrons. The van der Waals surface area contributed by atoms with Crippen LogP contribution in [-0.4, -0.2) is 30.3 Å². The predicted molar refractivity (Wildman–Crippen MR) is 68.0 cm³/mol. The van der Waals surface area contributed by atoms with Crippen molar-refractivity contribution in [3.63, 3.8) is 0 Å². The first-order valence-corrected chi connectivity index (χ1v) is 6.86. The fourth-order valence-corrected chi connectivity index (χ4v) is 2.77. The molecule has 0 aliphatic heterocycles. The Labute approximate surface area is 103 Å². The first-order valence-electron chi connectivity index (χ1n) is 5.42. The lowest BCUT2D eigenvalue weighted by molar-refractivity contribution is 0.257. The van der Waals surface area contributed by atoms with Crippen molar-refractivity contribution in [2.45, 2.75) is 37.6 Å². The summed E-state index contributed by atoms with van der Waals surface area (Å²) in [5.41, 5.74) is 5.01. The Bertz CT molecular complexity index is 480. The van der Waals surface area contributed by atoms with E-state index in [0.717, 1.165) is 6.42 Å². The molecule has 2 N–H and O–H groups in total. The van der Waals surface area contributed by atoms with Crippen LogP contribution in [0.5, 0.6) is 0 Å². The average Bonchev–Trinajstić information content (AvgIpc) is 2.28. The molecule has 0 aliphatic carbocycles. The van der Waals surface area contributed by atoms with Crippen LogP contribution in [0.3, 0.4) is 0 Å². The lowest BCUT2D eigenvalue weighted by Gasteiger charge is -2.33. The molecule has 1 aromatic rings. The summed E-state index contributed by atoms with van der Waals surface area (Å²) >= 11 is 0. The standard InChI is InChI=1S/C11H19N3O2S/c1-5-11(2,3)14(4)17(15,16)9-6-7-10(12)13-8-9/h6-8H,5H2,1-4H3,(H2,12,13). The minimum atomic E-state index is -3.51. The van der Waals surface area contributed by atoms with E-state index in [0.29, 0.717) is 5.82 Å². The number of nitrogens with zero attached hydrogens (tertiary/aromatic N) is 2. The summed E-state index contributed by atoms with van der Waals surface area (Å²) in [5.74, 6) is 0.307. The monoisotopic (exact) mass is 257 g/mol. The molecule has 17 heavy (non-hydrogen) atoms. The minimum Gasteiger partial charge on any atom is -0.384 e. The van der Waals surface area contributed by atoms with E-state index in [-0.39, 0.29) is 4.90 Å². The van der Waals surface area contributed by atoms with Crippen molar-refractivity contribution in [1.29, 1.82) is 0 Å². The molecule has 1 aromatic heterocycles. The van der Waals surface area contributed by atoms with Crippen molar-refractivity contribution in [1.82, 2.24) is 9.29 Å². The second-order valence-electron chi connectivity index (χ2n) is 4.56. The molecule has 0 spiro atoms. The molecule has 0 unspecified atom stereocenters. The van der Waals surface area contributed by atoms with Gasteiger partial charge in [0.25, 0.3) is 0 Å². The summed E-state index contributed by atoms with van der Waals surface area (Å²) in [7, 11) is -1.93. The summed E-state index contributed by atoms with van der Waals surface area (Å²) in [5, 5.41) is 0. The average molecular weight is 257 g/mol. The lowest BCUT2D eigenvalue weighted by atomic mass is 10.0. The highest BCUT2D eigenvalue weighted by atomic mass is 32.2. The van der Waals surface area contributed by atoms with Gasteiger partial charge in [0.1, 0.15) is 10.7 Å². The van der Waals surface area contributed by atoms with Gasteiger partial charge in [-0.3, -0.25) is 0 Å². The van der Waals surface area contributed by atoms with E-state index in [9.17, 15) is 8.42 Å². The van der Waals surface area contributed by atoms with Gasteiger partial charge in [-0.1, -0.05) is 6.92 Å². The normalized spacial score (nSPS) is 13.0. The summed E-state index contributed by atoms with van der Waals surface area (Å²) in [6.07, 6.45) is 2.01. The van der Waals surface area contributed by atoms with Gasteiger partial charge in [-0.05, 0) is 32.4 Å². The van der Waals surface area contributed by atoms with Gasteiger partial charge >= 0.3 is 0 Å². The van der Waals surface area contributed by atoms with E-state index in [1.165, 1.54) is 22.6 Å². The maximum absolute atomic E-state index is 12.3. The second-order valence-corrected chi connectivity index (χ2v) is 6.53. The van der Waals surface area contributed by atoms with Crippen LogP contribution in [0.1, 0.15) is 27.2 Å². The molecular weight excluding hydrogens is 238 g/mol. The molecular formula is C11H19N3O2S. The molecule has 0 saturated carbocycles.